The van der Waals surface area contributed by atoms with Gasteiger partial charge in [0.15, 0.2) is 0 Å². The molecule has 0 aliphatic rings. The van der Waals surface area contributed by atoms with Crippen molar-refractivity contribution in [1.29, 1.82) is 0 Å². The maximum absolute atomic E-state index is 4.36. The fourth-order valence-electron chi connectivity index (χ4n) is 1.88. The summed E-state index contributed by atoms with van der Waals surface area (Å²) in [5, 5.41) is 14.6. The molecule has 0 saturated heterocycles. The minimum absolute atomic E-state index is 0.614. The van der Waals surface area contributed by atoms with Gasteiger partial charge in [-0.15, -0.1) is 5.10 Å². The summed E-state index contributed by atoms with van der Waals surface area (Å²) >= 11 is 0. The van der Waals surface area contributed by atoms with Gasteiger partial charge in [0.2, 0.25) is 0 Å². The van der Waals surface area contributed by atoms with E-state index in [1.165, 1.54) is 0 Å². The zero-order valence-electron chi connectivity index (χ0n) is 10.9. The lowest BCUT2D eigenvalue weighted by molar-refractivity contribution is 0.789. The second-order valence-corrected chi connectivity index (χ2v) is 4.22. The van der Waals surface area contributed by atoms with E-state index in [1.54, 1.807) is 17.2 Å². The molecule has 0 atom stereocenters. The molecule has 7 heteroatoms. The van der Waals surface area contributed by atoms with Crippen molar-refractivity contribution in [2.45, 2.75) is 13.5 Å². The summed E-state index contributed by atoms with van der Waals surface area (Å²) in [7, 11) is 0. The Hall–Kier alpha value is -2.83. The van der Waals surface area contributed by atoms with Gasteiger partial charge in [-0.3, -0.25) is 0 Å². The molecule has 7 nitrogen and oxygen atoms in total. The first-order valence-electron chi connectivity index (χ1n) is 6.18. The van der Waals surface area contributed by atoms with Crippen LogP contribution in [0.3, 0.4) is 0 Å². The summed E-state index contributed by atoms with van der Waals surface area (Å²) in [5.41, 5.74) is 2.77. The molecule has 3 rings (SSSR count). The van der Waals surface area contributed by atoms with E-state index >= 15 is 0 Å². The number of anilines is 1. The minimum atomic E-state index is 0.614. The molecular weight excluding hydrogens is 254 g/mol. The number of hydrogen-bond donors (Lipinski definition) is 1. The topological polar surface area (TPSA) is 81.4 Å². The molecule has 0 fully saturated rings. The Labute approximate surface area is 115 Å². The second-order valence-electron chi connectivity index (χ2n) is 4.22. The number of benzene rings is 1. The summed E-state index contributed by atoms with van der Waals surface area (Å²) in [6, 6.07) is 9.72. The lowest BCUT2D eigenvalue weighted by Gasteiger charge is -2.10. The van der Waals surface area contributed by atoms with Gasteiger partial charge in [-0.2, -0.15) is 4.68 Å². The summed E-state index contributed by atoms with van der Waals surface area (Å²) in [4.78, 5) is 8.44. The average Bonchev–Trinajstić information content (AvgIpc) is 3.00. The highest BCUT2D eigenvalue weighted by Crippen LogP contribution is 2.18. The molecule has 0 amide bonds. The van der Waals surface area contributed by atoms with E-state index in [9.17, 15) is 0 Å². The molecule has 3 aromatic rings. The number of tetrazole rings is 1. The highest BCUT2D eigenvalue weighted by Gasteiger charge is 2.05. The van der Waals surface area contributed by atoms with Gasteiger partial charge in [0.1, 0.15) is 12.2 Å². The first-order chi connectivity index (χ1) is 9.83. The Balaban J connectivity index is 1.81. The van der Waals surface area contributed by atoms with Crippen LogP contribution in [-0.4, -0.2) is 30.2 Å². The monoisotopic (exact) mass is 267 g/mol. The maximum Gasteiger partial charge on any atom is 0.143 e. The molecule has 100 valence electrons. The number of aromatic nitrogens is 6. The minimum Gasteiger partial charge on any atom is -0.378 e. The number of para-hydroxylation sites is 2. The van der Waals surface area contributed by atoms with E-state index in [2.05, 4.69) is 30.8 Å². The van der Waals surface area contributed by atoms with E-state index in [0.29, 0.717) is 6.54 Å². The highest BCUT2D eigenvalue weighted by atomic mass is 15.5. The van der Waals surface area contributed by atoms with Gasteiger partial charge in [-0.05, 0) is 35.5 Å². The number of rotatable bonds is 4. The smallest absolute Gasteiger partial charge is 0.143 e. The van der Waals surface area contributed by atoms with Crippen LogP contribution in [0.15, 0.2) is 42.9 Å². The SMILES string of the molecule is Cc1nccc(CNc2ccccc2-n2cnnn2)n1. The fraction of sp³-hybridized carbons (Fsp3) is 0.154. The van der Waals surface area contributed by atoms with Crippen molar-refractivity contribution in [3.63, 3.8) is 0 Å². The van der Waals surface area contributed by atoms with Crippen molar-refractivity contribution >= 4 is 5.69 Å². The lowest BCUT2D eigenvalue weighted by atomic mass is 10.2. The van der Waals surface area contributed by atoms with E-state index in [4.69, 9.17) is 0 Å². The van der Waals surface area contributed by atoms with Gasteiger partial charge < -0.3 is 5.32 Å². The summed E-state index contributed by atoms with van der Waals surface area (Å²) in [5.74, 6) is 0.762. The Morgan fingerprint density at radius 3 is 2.90 bits per heavy atom. The molecule has 0 aliphatic carbocycles. The van der Waals surface area contributed by atoms with Crippen molar-refractivity contribution < 1.29 is 0 Å². The predicted molar refractivity (Wildman–Crippen MR) is 73.2 cm³/mol. The van der Waals surface area contributed by atoms with Gasteiger partial charge in [0.05, 0.1) is 23.6 Å². The van der Waals surface area contributed by atoms with Gasteiger partial charge >= 0.3 is 0 Å². The van der Waals surface area contributed by atoms with Crippen molar-refractivity contribution in [3.05, 3.63) is 54.4 Å². The average molecular weight is 267 g/mol. The van der Waals surface area contributed by atoms with Crippen molar-refractivity contribution in [3.8, 4) is 5.69 Å². The van der Waals surface area contributed by atoms with Crippen LogP contribution in [0.2, 0.25) is 0 Å². The maximum atomic E-state index is 4.36. The van der Waals surface area contributed by atoms with Crippen LogP contribution >= 0.6 is 0 Å². The van der Waals surface area contributed by atoms with E-state index in [0.717, 1.165) is 22.9 Å². The van der Waals surface area contributed by atoms with E-state index in [-0.39, 0.29) is 0 Å². The van der Waals surface area contributed by atoms with Crippen molar-refractivity contribution in [1.82, 2.24) is 30.2 Å². The first kappa shape index (κ1) is 12.2. The molecule has 1 aromatic carbocycles. The Morgan fingerprint density at radius 1 is 1.20 bits per heavy atom. The molecule has 0 radical (unpaired) electrons. The lowest BCUT2D eigenvalue weighted by Crippen LogP contribution is -2.06. The number of nitrogens with zero attached hydrogens (tertiary/aromatic N) is 6. The third kappa shape index (κ3) is 2.61. The number of aryl methyl sites for hydroxylation is 1. The normalized spacial score (nSPS) is 10.4. The molecule has 0 saturated carbocycles. The largest absolute Gasteiger partial charge is 0.378 e. The first-order valence-corrected chi connectivity index (χ1v) is 6.18. The molecule has 20 heavy (non-hydrogen) atoms. The zero-order chi connectivity index (χ0) is 13.8. The predicted octanol–water partition coefficient (Wildman–Crippen LogP) is 1.37. The van der Waals surface area contributed by atoms with E-state index in [1.807, 2.05) is 37.3 Å². The Kier molecular flexibility index (Phi) is 3.32. The summed E-state index contributed by atoms with van der Waals surface area (Å²) in [6.45, 7) is 2.49. The van der Waals surface area contributed by atoms with Crippen LogP contribution in [-0.2, 0) is 6.54 Å². The quantitative estimate of drug-likeness (QED) is 0.769. The molecule has 0 bridgehead atoms. The van der Waals surface area contributed by atoms with Gasteiger partial charge in [-0.25, -0.2) is 9.97 Å². The summed E-state index contributed by atoms with van der Waals surface area (Å²) in [6.07, 6.45) is 3.32. The molecule has 2 aromatic heterocycles. The van der Waals surface area contributed by atoms with Crippen LogP contribution in [0.1, 0.15) is 11.5 Å². The Morgan fingerprint density at radius 2 is 2.10 bits per heavy atom. The van der Waals surface area contributed by atoms with Crippen LogP contribution < -0.4 is 5.32 Å². The van der Waals surface area contributed by atoms with Crippen LogP contribution in [0.5, 0.6) is 0 Å². The third-order valence-electron chi connectivity index (χ3n) is 2.79. The third-order valence-corrected chi connectivity index (χ3v) is 2.79. The number of nitrogens with one attached hydrogen (secondary N) is 1. The van der Waals surface area contributed by atoms with Gasteiger partial charge in [-0.1, -0.05) is 12.1 Å². The molecule has 0 spiro atoms. The van der Waals surface area contributed by atoms with Gasteiger partial charge in [0, 0.05) is 6.20 Å². The van der Waals surface area contributed by atoms with E-state index < -0.39 is 0 Å². The molecule has 1 N–H and O–H groups in total. The highest BCUT2D eigenvalue weighted by molar-refractivity contribution is 5.60. The molecular formula is C13H13N7. The number of hydrogen-bond acceptors (Lipinski definition) is 6. The second kappa shape index (κ2) is 5.43. The summed E-state index contributed by atoms with van der Waals surface area (Å²) < 4.78 is 1.62. The van der Waals surface area contributed by atoms with Crippen LogP contribution in [0.25, 0.3) is 5.69 Å². The fourth-order valence-corrected chi connectivity index (χ4v) is 1.88. The molecule has 2 heterocycles. The van der Waals surface area contributed by atoms with Gasteiger partial charge in [0.25, 0.3) is 0 Å². The molecule has 0 unspecified atom stereocenters. The standard InChI is InChI=1S/C13H13N7/c1-10-14-7-6-11(17-10)8-15-12-4-2-3-5-13(12)20-9-16-18-19-20/h2-7,9,15H,8H2,1H3. The zero-order valence-corrected chi connectivity index (χ0v) is 10.9. The molecule has 0 aliphatic heterocycles. The van der Waals surface area contributed by atoms with Crippen molar-refractivity contribution in [2.24, 2.45) is 0 Å². The van der Waals surface area contributed by atoms with Crippen molar-refractivity contribution in [2.75, 3.05) is 5.32 Å². The Bertz CT molecular complexity index is 693. The van der Waals surface area contributed by atoms with Crippen LogP contribution in [0, 0.1) is 6.92 Å². The van der Waals surface area contributed by atoms with Crippen LogP contribution in [0.4, 0.5) is 5.69 Å².